The van der Waals surface area contributed by atoms with E-state index in [-0.39, 0.29) is 18.4 Å². The van der Waals surface area contributed by atoms with Gasteiger partial charge in [0, 0.05) is 11.8 Å². The monoisotopic (exact) mass is 361 g/mol. The summed E-state index contributed by atoms with van der Waals surface area (Å²) in [4.78, 5) is 28.1. The van der Waals surface area contributed by atoms with Crippen molar-refractivity contribution in [2.24, 2.45) is 0 Å². The number of nitrogens with zero attached hydrogens (tertiary/aromatic N) is 1. The van der Waals surface area contributed by atoms with Crippen LogP contribution in [0.1, 0.15) is 15.9 Å². The minimum atomic E-state index is -0.351. The summed E-state index contributed by atoms with van der Waals surface area (Å²) >= 11 is 0. The molecule has 2 amide bonds. The second-order valence-corrected chi connectivity index (χ2v) is 5.75. The molecule has 0 aliphatic rings. The number of aromatic nitrogens is 1. The van der Waals surface area contributed by atoms with Crippen LogP contribution in [0.4, 0.5) is 5.82 Å². The molecule has 136 valence electrons. The topological polar surface area (TPSA) is 80.3 Å². The van der Waals surface area contributed by atoms with E-state index in [9.17, 15) is 9.59 Å². The largest absolute Gasteiger partial charge is 0.489 e. The number of carbonyl (C=O) groups excluding carboxylic acids is 2. The highest BCUT2D eigenvalue weighted by atomic mass is 16.5. The van der Waals surface area contributed by atoms with E-state index in [0.29, 0.717) is 23.7 Å². The van der Waals surface area contributed by atoms with Gasteiger partial charge in [0.25, 0.3) is 5.91 Å². The molecule has 0 saturated heterocycles. The molecule has 0 atom stereocenters. The van der Waals surface area contributed by atoms with Gasteiger partial charge < -0.3 is 15.4 Å². The zero-order valence-electron chi connectivity index (χ0n) is 14.6. The number of hydrogen-bond donors (Lipinski definition) is 2. The molecule has 0 radical (unpaired) electrons. The van der Waals surface area contributed by atoms with Crippen molar-refractivity contribution >= 4 is 17.6 Å². The third-order valence-electron chi connectivity index (χ3n) is 3.69. The fraction of sp³-hybridized carbons (Fsp3) is 0.0952. The van der Waals surface area contributed by atoms with E-state index < -0.39 is 0 Å². The van der Waals surface area contributed by atoms with Crippen molar-refractivity contribution < 1.29 is 14.3 Å². The smallest absolute Gasteiger partial charge is 0.251 e. The molecule has 0 aliphatic heterocycles. The standard InChI is InChI=1S/C21H19N3O3/c25-20(24-19-11-4-5-12-22-19)14-23-21(26)17-9-6-10-18(13-17)27-15-16-7-2-1-3-8-16/h1-13H,14-15H2,(H,23,26)(H,22,24,25). The first-order valence-electron chi connectivity index (χ1n) is 8.46. The summed E-state index contributed by atoms with van der Waals surface area (Å²) in [5.41, 5.74) is 1.46. The Hall–Kier alpha value is -3.67. The second kappa shape index (κ2) is 9.15. The number of nitrogens with one attached hydrogen (secondary N) is 2. The van der Waals surface area contributed by atoms with Gasteiger partial charge in [-0.1, -0.05) is 42.5 Å². The quantitative estimate of drug-likeness (QED) is 0.678. The molecule has 6 heteroatoms. The van der Waals surface area contributed by atoms with E-state index in [1.165, 1.54) is 0 Å². The third-order valence-corrected chi connectivity index (χ3v) is 3.69. The van der Waals surface area contributed by atoms with Gasteiger partial charge in [-0.3, -0.25) is 9.59 Å². The number of amides is 2. The molecule has 27 heavy (non-hydrogen) atoms. The predicted molar refractivity (Wildman–Crippen MR) is 102 cm³/mol. The fourth-order valence-corrected chi connectivity index (χ4v) is 2.35. The van der Waals surface area contributed by atoms with Crippen LogP contribution >= 0.6 is 0 Å². The molecule has 1 aromatic heterocycles. The number of rotatable bonds is 7. The van der Waals surface area contributed by atoms with Crippen LogP contribution in [0, 0.1) is 0 Å². The van der Waals surface area contributed by atoms with Crippen molar-refractivity contribution in [1.82, 2.24) is 10.3 Å². The number of hydrogen-bond acceptors (Lipinski definition) is 4. The fourth-order valence-electron chi connectivity index (χ4n) is 2.35. The van der Waals surface area contributed by atoms with Gasteiger partial charge in [-0.15, -0.1) is 0 Å². The Morgan fingerprint density at radius 2 is 1.74 bits per heavy atom. The molecular formula is C21H19N3O3. The molecule has 0 bridgehead atoms. The lowest BCUT2D eigenvalue weighted by atomic mass is 10.2. The van der Waals surface area contributed by atoms with Gasteiger partial charge in [0.15, 0.2) is 0 Å². The Balaban J connectivity index is 1.51. The minimum Gasteiger partial charge on any atom is -0.489 e. The van der Waals surface area contributed by atoms with Crippen molar-refractivity contribution in [3.8, 4) is 5.75 Å². The van der Waals surface area contributed by atoms with E-state index >= 15 is 0 Å². The number of carbonyl (C=O) groups is 2. The van der Waals surface area contributed by atoms with E-state index in [1.807, 2.05) is 30.3 Å². The minimum absolute atomic E-state index is 0.148. The van der Waals surface area contributed by atoms with Crippen molar-refractivity contribution in [3.05, 3.63) is 90.1 Å². The van der Waals surface area contributed by atoms with Crippen molar-refractivity contribution in [1.29, 1.82) is 0 Å². The van der Waals surface area contributed by atoms with Gasteiger partial charge in [0.05, 0.1) is 6.54 Å². The van der Waals surface area contributed by atoms with Gasteiger partial charge in [0.1, 0.15) is 18.2 Å². The Kier molecular flexibility index (Phi) is 6.14. The molecule has 0 aliphatic carbocycles. The molecule has 0 unspecified atom stereocenters. The van der Waals surface area contributed by atoms with Crippen LogP contribution in [0.3, 0.4) is 0 Å². The molecular weight excluding hydrogens is 342 g/mol. The zero-order chi connectivity index (χ0) is 18.9. The van der Waals surface area contributed by atoms with Crippen LogP contribution in [0.2, 0.25) is 0 Å². The van der Waals surface area contributed by atoms with Gasteiger partial charge in [-0.05, 0) is 35.9 Å². The van der Waals surface area contributed by atoms with E-state index in [4.69, 9.17) is 4.74 Å². The van der Waals surface area contributed by atoms with E-state index in [1.54, 1.807) is 48.7 Å². The molecule has 2 aromatic carbocycles. The lowest BCUT2D eigenvalue weighted by molar-refractivity contribution is -0.115. The van der Waals surface area contributed by atoms with Gasteiger partial charge >= 0.3 is 0 Å². The molecule has 3 aromatic rings. The highest BCUT2D eigenvalue weighted by Gasteiger charge is 2.09. The highest BCUT2D eigenvalue weighted by molar-refractivity contribution is 5.99. The normalized spacial score (nSPS) is 10.1. The SMILES string of the molecule is O=C(CNC(=O)c1cccc(OCc2ccccc2)c1)Nc1ccccn1. The van der Waals surface area contributed by atoms with Gasteiger partial charge in [-0.2, -0.15) is 0 Å². The van der Waals surface area contributed by atoms with Crippen LogP contribution in [-0.4, -0.2) is 23.3 Å². The summed E-state index contributed by atoms with van der Waals surface area (Å²) in [6, 6.07) is 21.8. The average molecular weight is 361 g/mol. The highest BCUT2D eigenvalue weighted by Crippen LogP contribution is 2.15. The van der Waals surface area contributed by atoms with Crippen LogP contribution in [0.25, 0.3) is 0 Å². The summed E-state index contributed by atoms with van der Waals surface area (Å²) in [6.45, 7) is 0.267. The van der Waals surface area contributed by atoms with Crippen molar-refractivity contribution in [3.63, 3.8) is 0 Å². The van der Waals surface area contributed by atoms with Gasteiger partial charge in [-0.25, -0.2) is 4.98 Å². The molecule has 0 fully saturated rings. The molecule has 2 N–H and O–H groups in total. The molecule has 6 nitrogen and oxygen atoms in total. The molecule has 3 rings (SSSR count). The molecule has 0 spiro atoms. The Bertz CT molecular complexity index is 899. The Morgan fingerprint density at radius 1 is 0.926 bits per heavy atom. The molecule has 0 saturated carbocycles. The zero-order valence-corrected chi connectivity index (χ0v) is 14.6. The number of ether oxygens (including phenoxy) is 1. The van der Waals surface area contributed by atoms with Crippen LogP contribution in [0.15, 0.2) is 79.0 Å². The maximum atomic E-state index is 12.3. The first kappa shape index (κ1) is 18.1. The third kappa shape index (κ3) is 5.67. The summed E-state index contributed by atoms with van der Waals surface area (Å²) in [7, 11) is 0. The van der Waals surface area contributed by atoms with Crippen LogP contribution in [-0.2, 0) is 11.4 Å². The van der Waals surface area contributed by atoms with Crippen LogP contribution in [0.5, 0.6) is 5.75 Å². The maximum absolute atomic E-state index is 12.3. The summed E-state index contributed by atoms with van der Waals surface area (Å²) in [5, 5.41) is 5.19. The van der Waals surface area contributed by atoms with E-state index in [0.717, 1.165) is 5.56 Å². The number of pyridine rings is 1. The summed E-state index contributed by atoms with van der Waals surface area (Å²) < 4.78 is 5.72. The second-order valence-electron chi connectivity index (χ2n) is 5.75. The summed E-state index contributed by atoms with van der Waals surface area (Å²) in [6.07, 6.45) is 1.58. The lowest BCUT2D eigenvalue weighted by Gasteiger charge is -2.09. The first-order valence-corrected chi connectivity index (χ1v) is 8.46. The summed E-state index contributed by atoms with van der Waals surface area (Å²) in [5.74, 6) is 0.326. The van der Waals surface area contributed by atoms with Crippen molar-refractivity contribution in [2.45, 2.75) is 6.61 Å². The van der Waals surface area contributed by atoms with Crippen LogP contribution < -0.4 is 15.4 Å². The average Bonchev–Trinajstić information content (AvgIpc) is 2.72. The number of benzene rings is 2. The predicted octanol–water partition coefficient (Wildman–Crippen LogP) is 3.03. The Labute approximate surface area is 157 Å². The van der Waals surface area contributed by atoms with Crippen molar-refractivity contribution in [2.75, 3.05) is 11.9 Å². The maximum Gasteiger partial charge on any atom is 0.251 e. The van der Waals surface area contributed by atoms with E-state index in [2.05, 4.69) is 15.6 Å². The Morgan fingerprint density at radius 3 is 2.52 bits per heavy atom. The lowest BCUT2D eigenvalue weighted by Crippen LogP contribution is -2.33. The van der Waals surface area contributed by atoms with Gasteiger partial charge in [0.2, 0.25) is 5.91 Å². The number of anilines is 1. The molecule has 1 heterocycles. The first-order chi connectivity index (χ1) is 13.2.